The van der Waals surface area contributed by atoms with E-state index >= 15 is 0 Å². The van der Waals surface area contributed by atoms with Crippen LogP contribution < -0.4 is 15.5 Å². The number of fused-ring (bicyclic) bond motifs is 2. The van der Waals surface area contributed by atoms with Crippen molar-refractivity contribution in [3.63, 3.8) is 0 Å². The molecule has 1 saturated heterocycles. The predicted molar refractivity (Wildman–Crippen MR) is 131 cm³/mol. The first-order valence-electron chi connectivity index (χ1n) is 11.4. The summed E-state index contributed by atoms with van der Waals surface area (Å²) in [4.78, 5) is 28.3. The fraction of sp³-hybridized carbons (Fsp3) is 0.360. The maximum atomic E-state index is 12.3. The summed E-state index contributed by atoms with van der Waals surface area (Å²) in [7, 11) is 3.57. The summed E-state index contributed by atoms with van der Waals surface area (Å²) in [5.41, 5.74) is 3.21. The largest absolute Gasteiger partial charge is 0.436 e. The SMILES string of the molecule is CNc1ncc(-c2nc3cc(N4CC(C)(OC)C4)ccc3o2)c2cc(NC(=O)C3CC3)ncc12. The van der Waals surface area contributed by atoms with Gasteiger partial charge in [0.15, 0.2) is 5.58 Å². The van der Waals surface area contributed by atoms with Gasteiger partial charge in [0.2, 0.25) is 11.8 Å². The first kappa shape index (κ1) is 20.9. The number of anilines is 3. The summed E-state index contributed by atoms with van der Waals surface area (Å²) in [5, 5.41) is 7.71. The fourth-order valence-electron chi connectivity index (χ4n) is 4.45. The number of hydrogen-bond donors (Lipinski definition) is 2. The van der Waals surface area contributed by atoms with Crippen LogP contribution in [0.15, 0.2) is 41.1 Å². The van der Waals surface area contributed by atoms with Crippen molar-refractivity contribution >= 4 is 45.1 Å². The van der Waals surface area contributed by atoms with Crippen molar-refractivity contribution in [1.82, 2.24) is 15.0 Å². The molecule has 1 aliphatic heterocycles. The number of aromatic nitrogens is 3. The predicted octanol–water partition coefficient (Wildman–Crippen LogP) is 4.05. The molecule has 1 amide bonds. The van der Waals surface area contributed by atoms with Crippen molar-refractivity contribution in [2.75, 3.05) is 42.8 Å². The molecule has 2 aliphatic rings. The molecule has 0 unspecified atom stereocenters. The number of carbonyl (C=O) groups is 1. The second kappa shape index (κ2) is 7.66. The van der Waals surface area contributed by atoms with Gasteiger partial charge in [0.25, 0.3) is 0 Å². The smallest absolute Gasteiger partial charge is 0.229 e. The van der Waals surface area contributed by atoms with E-state index < -0.39 is 0 Å². The Hall–Kier alpha value is -3.72. The van der Waals surface area contributed by atoms with Crippen LogP contribution in [0, 0.1) is 5.92 Å². The van der Waals surface area contributed by atoms with E-state index in [-0.39, 0.29) is 17.4 Å². The van der Waals surface area contributed by atoms with Gasteiger partial charge in [-0.05, 0) is 44.0 Å². The van der Waals surface area contributed by atoms with Gasteiger partial charge in [-0.15, -0.1) is 0 Å². The fourth-order valence-corrected chi connectivity index (χ4v) is 4.45. The van der Waals surface area contributed by atoms with Gasteiger partial charge in [-0.1, -0.05) is 0 Å². The Kier molecular flexibility index (Phi) is 4.70. The minimum absolute atomic E-state index is 0.0150. The van der Waals surface area contributed by atoms with Crippen LogP contribution in [-0.4, -0.2) is 53.7 Å². The zero-order valence-electron chi connectivity index (χ0n) is 19.4. The van der Waals surface area contributed by atoms with E-state index in [1.54, 1.807) is 19.5 Å². The highest BCUT2D eigenvalue weighted by Crippen LogP contribution is 2.36. The second-order valence-corrected chi connectivity index (χ2v) is 9.33. The third kappa shape index (κ3) is 3.52. The molecule has 2 fully saturated rings. The van der Waals surface area contributed by atoms with Gasteiger partial charge < -0.3 is 24.7 Å². The summed E-state index contributed by atoms with van der Waals surface area (Å²) >= 11 is 0. The third-order valence-corrected chi connectivity index (χ3v) is 6.72. The summed E-state index contributed by atoms with van der Waals surface area (Å²) in [6.45, 7) is 3.78. The van der Waals surface area contributed by atoms with Gasteiger partial charge in [-0.3, -0.25) is 4.79 Å². The quantitative estimate of drug-likeness (QED) is 0.446. The maximum absolute atomic E-state index is 12.3. The van der Waals surface area contributed by atoms with E-state index in [1.165, 1.54) is 0 Å². The number of nitrogens with zero attached hydrogens (tertiary/aromatic N) is 4. The van der Waals surface area contributed by atoms with E-state index in [0.717, 1.165) is 53.5 Å². The highest BCUT2D eigenvalue weighted by atomic mass is 16.5. The number of methoxy groups -OCH3 is 1. The van der Waals surface area contributed by atoms with Crippen molar-refractivity contribution in [1.29, 1.82) is 0 Å². The Morgan fingerprint density at radius 2 is 2.00 bits per heavy atom. The molecule has 1 saturated carbocycles. The van der Waals surface area contributed by atoms with Crippen molar-refractivity contribution in [3.05, 3.63) is 36.7 Å². The molecule has 4 aromatic rings. The zero-order chi connectivity index (χ0) is 23.4. The summed E-state index contributed by atoms with van der Waals surface area (Å²) in [5.74, 6) is 1.80. The minimum Gasteiger partial charge on any atom is -0.436 e. The summed E-state index contributed by atoms with van der Waals surface area (Å²) in [6, 6.07) is 7.89. The van der Waals surface area contributed by atoms with E-state index in [2.05, 4.69) is 32.4 Å². The number of rotatable bonds is 6. The Bertz CT molecular complexity index is 1420. The van der Waals surface area contributed by atoms with Crippen LogP contribution in [0.1, 0.15) is 19.8 Å². The van der Waals surface area contributed by atoms with Crippen LogP contribution in [-0.2, 0) is 9.53 Å². The highest BCUT2D eigenvalue weighted by molar-refractivity contribution is 6.03. The van der Waals surface area contributed by atoms with E-state index in [9.17, 15) is 4.79 Å². The number of carbonyl (C=O) groups excluding carboxylic acids is 1. The number of amides is 1. The molecule has 0 spiro atoms. The molecule has 174 valence electrons. The lowest BCUT2D eigenvalue weighted by Gasteiger charge is -2.48. The molecular formula is C25H26N6O3. The summed E-state index contributed by atoms with van der Waals surface area (Å²) < 4.78 is 11.7. The van der Waals surface area contributed by atoms with Gasteiger partial charge >= 0.3 is 0 Å². The lowest BCUT2D eigenvalue weighted by Crippen LogP contribution is -2.61. The monoisotopic (exact) mass is 458 g/mol. The molecule has 0 bridgehead atoms. The van der Waals surface area contributed by atoms with Gasteiger partial charge in [0.1, 0.15) is 17.2 Å². The topological polar surface area (TPSA) is 105 Å². The van der Waals surface area contributed by atoms with Crippen LogP contribution in [0.4, 0.5) is 17.3 Å². The first-order chi connectivity index (χ1) is 16.5. The van der Waals surface area contributed by atoms with E-state index in [0.29, 0.717) is 23.1 Å². The number of pyridine rings is 2. The highest BCUT2D eigenvalue weighted by Gasteiger charge is 2.39. The van der Waals surface area contributed by atoms with Gasteiger partial charge in [0.05, 0.1) is 11.2 Å². The van der Waals surface area contributed by atoms with Crippen molar-refractivity contribution in [2.24, 2.45) is 5.92 Å². The molecule has 3 aromatic heterocycles. The van der Waals surface area contributed by atoms with Crippen LogP contribution in [0.25, 0.3) is 33.3 Å². The van der Waals surface area contributed by atoms with E-state index in [1.807, 2.05) is 31.3 Å². The Morgan fingerprint density at radius 1 is 1.18 bits per heavy atom. The van der Waals surface area contributed by atoms with Crippen LogP contribution >= 0.6 is 0 Å². The molecule has 1 aromatic carbocycles. The Labute approximate surface area is 196 Å². The maximum Gasteiger partial charge on any atom is 0.229 e. The molecule has 1 aliphatic carbocycles. The van der Waals surface area contributed by atoms with Crippen LogP contribution in [0.3, 0.4) is 0 Å². The lowest BCUT2D eigenvalue weighted by molar-refractivity contribution is -0.117. The molecule has 0 radical (unpaired) electrons. The van der Waals surface area contributed by atoms with Crippen molar-refractivity contribution in [2.45, 2.75) is 25.4 Å². The third-order valence-electron chi connectivity index (χ3n) is 6.72. The normalized spacial score (nSPS) is 17.1. The van der Waals surface area contributed by atoms with Crippen molar-refractivity contribution in [3.8, 4) is 11.5 Å². The number of benzene rings is 1. The molecule has 9 nitrogen and oxygen atoms in total. The number of nitrogens with one attached hydrogen (secondary N) is 2. The Balaban J connectivity index is 1.38. The molecule has 6 rings (SSSR count). The molecule has 0 atom stereocenters. The molecule has 9 heteroatoms. The first-order valence-corrected chi connectivity index (χ1v) is 11.4. The van der Waals surface area contributed by atoms with Gasteiger partial charge in [-0.25, -0.2) is 15.0 Å². The minimum atomic E-state index is -0.107. The Morgan fingerprint density at radius 3 is 2.74 bits per heavy atom. The molecule has 4 heterocycles. The average molecular weight is 459 g/mol. The van der Waals surface area contributed by atoms with Crippen LogP contribution in [0.5, 0.6) is 0 Å². The number of oxazole rings is 1. The molecular weight excluding hydrogens is 432 g/mol. The van der Waals surface area contributed by atoms with Gasteiger partial charge in [0, 0.05) is 62.0 Å². The number of ether oxygens (including phenoxy) is 1. The second-order valence-electron chi connectivity index (χ2n) is 9.33. The van der Waals surface area contributed by atoms with Crippen LogP contribution in [0.2, 0.25) is 0 Å². The average Bonchev–Trinajstić information content (AvgIpc) is 3.60. The standard InChI is InChI=1S/C25H26N6O3/c1-25(33-3)12-31(13-25)15-6-7-20-19(8-15)29-24(34-20)18-11-28-22(26-2)17-10-27-21(9-16(17)18)30-23(32)14-4-5-14/h6-11,14H,4-5,12-13H2,1-3H3,(H,26,28)(H,27,30,32). The van der Waals surface area contributed by atoms with E-state index in [4.69, 9.17) is 14.1 Å². The van der Waals surface area contributed by atoms with Gasteiger partial charge in [-0.2, -0.15) is 0 Å². The van der Waals surface area contributed by atoms with Crippen molar-refractivity contribution < 1.29 is 13.9 Å². The lowest BCUT2D eigenvalue weighted by atomic mass is 9.95. The molecule has 2 N–H and O–H groups in total. The summed E-state index contributed by atoms with van der Waals surface area (Å²) in [6.07, 6.45) is 5.33. The number of hydrogen-bond acceptors (Lipinski definition) is 8. The molecule has 34 heavy (non-hydrogen) atoms. The zero-order valence-corrected chi connectivity index (χ0v) is 19.4.